The predicted octanol–water partition coefficient (Wildman–Crippen LogP) is 2.03. The molecule has 1 saturated heterocycles. The first kappa shape index (κ1) is 15.6. The number of anilines is 1. The second-order valence-electron chi connectivity index (χ2n) is 4.81. The van der Waals surface area contributed by atoms with Gasteiger partial charge in [0.15, 0.2) is 0 Å². The van der Waals surface area contributed by atoms with Crippen molar-refractivity contribution < 1.29 is 18.0 Å². The first-order chi connectivity index (χ1) is 9.77. The fourth-order valence-corrected chi connectivity index (χ4v) is 2.35. The van der Waals surface area contributed by atoms with Crippen LogP contribution in [0.15, 0.2) is 18.2 Å². The Kier molecular flexibility index (Phi) is 4.36. The quantitative estimate of drug-likeness (QED) is 0.744. The molecule has 1 aliphatic heterocycles. The first-order valence-corrected chi connectivity index (χ1v) is 6.72. The van der Waals surface area contributed by atoms with Crippen LogP contribution in [0.2, 0.25) is 0 Å². The summed E-state index contributed by atoms with van der Waals surface area (Å²) in [5, 5.41) is 5.62. The van der Waals surface area contributed by atoms with Gasteiger partial charge in [-0.3, -0.25) is 4.79 Å². The Bertz CT molecular complexity index is 574. The molecule has 0 aliphatic carbocycles. The third kappa shape index (κ3) is 3.84. The average molecular weight is 317 g/mol. The van der Waals surface area contributed by atoms with E-state index < -0.39 is 11.7 Å². The molecular formula is C13H14F3N3OS. The Morgan fingerprint density at radius 3 is 2.71 bits per heavy atom. The predicted molar refractivity (Wildman–Crippen MR) is 77.0 cm³/mol. The molecule has 0 bridgehead atoms. The van der Waals surface area contributed by atoms with Crippen LogP contribution >= 0.6 is 12.2 Å². The Morgan fingerprint density at radius 2 is 2.19 bits per heavy atom. The number of nitrogens with one attached hydrogen (secondary N) is 2. The smallest absolute Gasteiger partial charge is 0.389 e. The zero-order valence-corrected chi connectivity index (χ0v) is 11.8. The summed E-state index contributed by atoms with van der Waals surface area (Å²) in [7, 11) is 0. The molecule has 4 N–H and O–H groups in total. The molecule has 0 radical (unpaired) electrons. The topological polar surface area (TPSA) is 67.1 Å². The van der Waals surface area contributed by atoms with E-state index in [0.717, 1.165) is 6.07 Å². The van der Waals surface area contributed by atoms with E-state index in [1.807, 2.05) is 0 Å². The van der Waals surface area contributed by atoms with Gasteiger partial charge in [-0.15, -0.1) is 0 Å². The van der Waals surface area contributed by atoms with E-state index in [1.165, 1.54) is 12.1 Å². The molecule has 21 heavy (non-hydrogen) atoms. The van der Waals surface area contributed by atoms with Gasteiger partial charge in [0.05, 0.1) is 5.56 Å². The molecule has 1 aromatic carbocycles. The number of carbonyl (C=O) groups excluding carboxylic acids is 1. The first-order valence-electron chi connectivity index (χ1n) is 6.31. The molecule has 2 rings (SSSR count). The van der Waals surface area contributed by atoms with Crippen LogP contribution in [0.5, 0.6) is 0 Å². The second-order valence-corrected chi connectivity index (χ2v) is 5.25. The lowest BCUT2D eigenvalue weighted by atomic mass is 10.1. The number of halogens is 3. The summed E-state index contributed by atoms with van der Waals surface area (Å²) < 4.78 is 38.9. The van der Waals surface area contributed by atoms with Crippen LogP contribution in [-0.2, 0) is 11.0 Å². The summed E-state index contributed by atoms with van der Waals surface area (Å²) in [6, 6.07) is 3.65. The number of nitrogens with two attached hydrogens (primary N) is 1. The third-order valence-electron chi connectivity index (χ3n) is 3.23. The van der Waals surface area contributed by atoms with Crippen LogP contribution in [0, 0.1) is 0 Å². The summed E-state index contributed by atoms with van der Waals surface area (Å²) in [6.45, 7) is 0.370. The van der Waals surface area contributed by atoms with Crippen LogP contribution in [0.4, 0.5) is 18.9 Å². The van der Waals surface area contributed by atoms with E-state index in [0.29, 0.717) is 25.1 Å². The van der Waals surface area contributed by atoms with Gasteiger partial charge in [0.2, 0.25) is 5.91 Å². The van der Waals surface area contributed by atoms with Crippen LogP contribution in [-0.4, -0.2) is 23.5 Å². The number of carbonyl (C=O) groups is 1. The van der Waals surface area contributed by atoms with Gasteiger partial charge in [0, 0.05) is 30.3 Å². The minimum Gasteiger partial charge on any atom is -0.389 e. The summed E-state index contributed by atoms with van der Waals surface area (Å²) in [5.41, 5.74) is 4.56. The van der Waals surface area contributed by atoms with Crippen molar-refractivity contribution in [3.8, 4) is 0 Å². The summed E-state index contributed by atoms with van der Waals surface area (Å²) in [6.07, 6.45) is -3.42. The average Bonchev–Trinajstić information content (AvgIpc) is 2.81. The maximum Gasteiger partial charge on any atom is 0.417 e. The summed E-state index contributed by atoms with van der Waals surface area (Å²) >= 11 is 4.64. The molecule has 4 nitrogen and oxygen atoms in total. The largest absolute Gasteiger partial charge is 0.417 e. The zero-order chi connectivity index (χ0) is 15.6. The molecule has 0 saturated carbocycles. The van der Waals surface area contributed by atoms with Gasteiger partial charge in [-0.25, -0.2) is 0 Å². The molecule has 1 heterocycles. The van der Waals surface area contributed by atoms with E-state index >= 15 is 0 Å². The molecule has 1 aromatic rings. The SMILES string of the molecule is NC(=S)c1ccc(NCC2CCC(=O)N2)cc1C(F)(F)F. The minimum atomic E-state index is -4.53. The van der Waals surface area contributed by atoms with E-state index in [1.54, 1.807) is 0 Å². The van der Waals surface area contributed by atoms with Crippen LogP contribution in [0.1, 0.15) is 24.0 Å². The monoisotopic (exact) mass is 317 g/mol. The highest BCUT2D eigenvalue weighted by Crippen LogP contribution is 2.33. The summed E-state index contributed by atoms with van der Waals surface area (Å²) in [5.74, 6) is -0.0402. The zero-order valence-electron chi connectivity index (χ0n) is 11.0. The lowest BCUT2D eigenvalue weighted by Crippen LogP contribution is -2.31. The van der Waals surface area contributed by atoms with Crippen molar-refractivity contribution >= 4 is 28.8 Å². The number of hydrogen-bond acceptors (Lipinski definition) is 3. The van der Waals surface area contributed by atoms with Gasteiger partial charge in [-0.05, 0) is 24.6 Å². The highest BCUT2D eigenvalue weighted by molar-refractivity contribution is 7.80. The van der Waals surface area contributed by atoms with Crippen molar-refractivity contribution in [1.29, 1.82) is 0 Å². The Hall–Kier alpha value is -1.83. The Balaban J connectivity index is 2.14. The van der Waals surface area contributed by atoms with Gasteiger partial charge in [-0.2, -0.15) is 13.2 Å². The highest BCUT2D eigenvalue weighted by atomic mass is 32.1. The third-order valence-corrected chi connectivity index (χ3v) is 3.45. The van der Waals surface area contributed by atoms with Crippen molar-refractivity contribution in [2.45, 2.75) is 25.1 Å². The number of alkyl halides is 3. The molecule has 0 aromatic heterocycles. The number of benzene rings is 1. The molecular weight excluding hydrogens is 303 g/mol. The number of hydrogen-bond donors (Lipinski definition) is 3. The molecule has 1 unspecified atom stereocenters. The van der Waals surface area contributed by atoms with Crippen LogP contribution in [0.3, 0.4) is 0 Å². The molecule has 8 heteroatoms. The van der Waals surface area contributed by atoms with Gasteiger partial charge >= 0.3 is 6.18 Å². The Morgan fingerprint density at radius 1 is 1.48 bits per heavy atom. The fraction of sp³-hybridized carbons (Fsp3) is 0.385. The molecule has 114 valence electrons. The van der Waals surface area contributed by atoms with Crippen LogP contribution < -0.4 is 16.4 Å². The van der Waals surface area contributed by atoms with E-state index in [2.05, 4.69) is 22.9 Å². The van der Waals surface area contributed by atoms with Crippen molar-refractivity contribution in [1.82, 2.24) is 5.32 Å². The van der Waals surface area contributed by atoms with Gasteiger partial charge in [0.25, 0.3) is 0 Å². The number of amides is 1. The highest BCUT2D eigenvalue weighted by Gasteiger charge is 2.34. The minimum absolute atomic E-state index is 0.0402. The van der Waals surface area contributed by atoms with Gasteiger partial charge < -0.3 is 16.4 Å². The molecule has 1 amide bonds. The van der Waals surface area contributed by atoms with E-state index in [-0.39, 0.29) is 22.5 Å². The maximum atomic E-state index is 13.0. The fourth-order valence-electron chi connectivity index (χ4n) is 2.18. The van der Waals surface area contributed by atoms with Crippen molar-refractivity contribution in [2.75, 3.05) is 11.9 Å². The maximum absolute atomic E-state index is 13.0. The van der Waals surface area contributed by atoms with Crippen LogP contribution in [0.25, 0.3) is 0 Å². The molecule has 1 aliphatic rings. The summed E-state index contributed by atoms with van der Waals surface area (Å²) in [4.78, 5) is 10.8. The van der Waals surface area contributed by atoms with E-state index in [4.69, 9.17) is 5.73 Å². The normalized spacial score (nSPS) is 18.4. The Labute approximate surface area is 124 Å². The lowest BCUT2D eigenvalue weighted by Gasteiger charge is -2.16. The lowest BCUT2D eigenvalue weighted by molar-refractivity contribution is -0.137. The molecule has 0 spiro atoms. The second kappa shape index (κ2) is 5.88. The number of thiocarbonyl (C=S) groups is 1. The molecule has 1 fully saturated rings. The van der Waals surface area contributed by atoms with E-state index in [9.17, 15) is 18.0 Å². The standard InChI is InChI=1S/C13H14F3N3OS/c14-13(15,16)10-5-7(1-3-9(10)12(17)21)18-6-8-2-4-11(20)19-8/h1,3,5,8,18H,2,4,6H2,(H2,17,21)(H,19,20). The number of rotatable bonds is 4. The van der Waals surface area contributed by atoms with Crippen molar-refractivity contribution in [3.05, 3.63) is 29.3 Å². The van der Waals surface area contributed by atoms with Gasteiger partial charge in [-0.1, -0.05) is 12.2 Å². The van der Waals surface area contributed by atoms with Crippen molar-refractivity contribution in [3.63, 3.8) is 0 Å². The molecule has 1 atom stereocenters. The van der Waals surface area contributed by atoms with Gasteiger partial charge in [0.1, 0.15) is 4.99 Å². The van der Waals surface area contributed by atoms with Crippen molar-refractivity contribution in [2.24, 2.45) is 5.73 Å².